The summed E-state index contributed by atoms with van der Waals surface area (Å²) in [7, 11) is 1.60. The van der Waals surface area contributed by atoms with Gasteiger partial charge >= 0.3 is 5.63 Å². The molecule has 0 saturated heterocycles. The second-order valence-electron chi connectivity index (χ2n) is 4.72. The van der Waals surface area contributed by atoms with E-state index in [1.54, 1.807) is 37.5 Å². The molecule has 0 N–H and O–H groups in total. The van der Waals surface area contributed by atoms with E-state index in [4.69, 9.17) is 20.8 Å². The van der Waals surface area contributed by atoms with Crippen molar-refractivity contribution >= 4 is 50.6 Å². The van der Waals surface area contributed by atoms with Crippen molar-refractivity contribution in [1.82, 2.24) is 4.98 Å². The van der Waals surface area contributed by atoms with E-state index in [2.05, 4.69) is 20.9 Å². The molecule has 0 fully saturated rings. The first-order valence-electron chi connectivity index (χ1n) is 6.69. The number of aromatic nitrogens is 1. The normalized spacial score (nSPS) is 11.3. The van der Waals surface area contributed by atoms with E-state index in [-0.39, 0.29) is 5.89 Å². The Morgan fingerprint density at radius 1 is 1.22 bits per heavy atom. The maximum Gasteiger partial charge on any atom is 0.347 e. The molecule has 0 radical (unpaired) electrons. The van der Waals surface area contributed by atoms with Gasteiger partial charge in [0.15, 0.2) is 0 Å². The summed E-state index contributed by atoms with van der Waals surface area (Å²) < 4.78 is 11.4. The van der Waals surface area contributed by atoms with Gasteiger partial charge in [-0.2, -0.15) is 0 Å². The first kappa shape index (κ1) is 15.8. The number of benzene rings is 2. The fourth-order valence-electron chi connectivity index (χ4n) is 2.13. The molecule has 0 atom stereocenters. The molecule has 0 spiro atoms. The number of nitrogens with zero attached hydrogens (tertiary/aromatic N) is 1. The predicted molar refractivity (Wildman–Crippen MR) is 94.9 cm³/mol. The SMILES string of the molecule is COc1ccc(Br)cc1/C=C\c1nc2ccc(Cl)cc2c(=O)o1. The average Bonchev–Trinajstić information content (AvgIpc) is 2.54. The zero-order valence-electron chi connectivity index (χ0n) is 12.0. The Hall–Kier alpha value is -2.11. The summed E-state index contributed by atoms with van der Waals surface area (Å²) in [4.78, 5) is 16.3. The van der Waals surface area contributed by atoms with Crippen LogP contribution in [0.3, 0.4) is 0 Å². The van der Waals surface area contributed by atoms with E-state index in [0.717, 1.165) is 10.0 Å². The van der Waals surface area contributed by atoms with Crippen LogP contribution in [0.1, 0.15) is 11.5 Å². The number of fused-ring (bicyclic) bond motifs is 1. The minimum Gasteiger partial charge on any atom is -0.496 e. The zero-order chi connectivity index (χ0) is 16.4. The molecule has 0 aliphatic heterocycles. The molecule has 4 nitrogen and oxygen atoms in total. The Morgan fingerprint density at radius 3 is 2.83 bits per heavy atom. The van der Waals surface area contributed by atoms with Crippen molar-refractivity contribution in [3.05, 3.63) is 67.8 Å². The van der Waals surface area contributed by atoms with Crippen LogP contribution in [0, 0.1) is 0 Å². The van der Waals surface area contributed by atoms with Crippen molar-refractivity contribution in [2.24, 2.45) is 0 Å². The number of rotatable bonds is 3. The van der Waals surface area contributed by atoms with Gasteiger partial charge in [-0.15, -0.1) is 0 Å². The van der Waals surface area contributed by atoms with Gasteiger partial charge in [-0.25, -0.2) is 9.78 Å². The maximum absolute atomic E-state index is 12.0. The molecular weight excluding hydrogens is 382 g/mol. The molecule has 3 aromatic rings. The standard InChI is InChI=1S/C17H11BrClNO3/c1-22-15-6-3-11(18)8-10(15)2-7-16-20-14-5-4-12(19)9-13(14)17(21)23-16/h2-9H,1H3/b7-2-. The summed E-state index contributed by atoms with van der Waals surface area (Å²) >= 11 is 9.29. The summed E-state index contributed by atoms with van der Waals surface area (Å²) in [6.07, 6.45) is 3.40. The highest BCUT2D eigenvalue weighted by atomic mass is 79.9. The number of ether oxygens (including phenoxy) is 1. The monoisotopic (exact) mass is 391 g/mol. The van der Waals surface area contributed by atoms with Crippen LogP contribution < -0.4 is 10.4 Å². The van der Waals surface area contributed by atoms with Gasteiger partial charge in [-0.1, -0.05) is 27.5 Å². The smallest absolute Gasteiger partial charge is 0.347 e. The molecule has 116 valence electrons. The molecule has 0 saturated carbocycles. The Kier molecular flexibility index (Phi) is 4.50. The highest BCUT2D eigenvalue weighted by Crippen LogP contribution is 2.25. The molecule has 6 heteroatoms. The van der Waals surface area contributed by atoms with Gasteiger partial charge in [0.25, 0.3) is 0 Å². The maximum atomic E-state index is 12.0. The molecule has 0 aliphatic rings. The van der Waals surface area contributed by atoms with Gasteiger partial charge in [-0.3, -0.25) is 0 Å². The van der Waals surface area contributed by atoms with Crippen molar-refractivity contribution in [3.63, 3.8) is 0 Å². The van der Waals surface area contributed by atoms with Crippen molar-refractivity contribution in [3.8, 4) is 5.75 Å². The molecule has 0 amide bonds. The van der Waals surface area contributed by atoms with Crippen molar-refractivity contribution in [2.45, 2.75) is 0 Å². The molecule has 0 unspecified atom stereocenters. The largest absolute Gasteiger partial charge is 0.496 e. The van der Waals surface area contributed by atoms with Gasteiger partial charge < -0.3 is 9.15 Å². The first-order valence-corrected chi connectivity index (χ1v) is 7.86. The van der Waals surface area contributed by atoms with Crippen LogP contribution in [0.4, 0.5) is 0 Å². The highest BCUT2D eigenvalue weighted by Gasteiger charge is 2.06. The van der Waals surface area contributed by atoms with Gasteiger partial charge in [0.05, 0.1) is 18.0 Å². The lowest BCUT2D eigenvalue weighted by Gasteiger charge is -2.04. The summed E-state index contributed by atoms with van der Waals surface area (Å²) in [6, 6.07) is 10.5. The Balaban J connectivity index is 2.03. The lowest BCUT2D eigenvalue weighted by molar-refractivity contribution is 0.414. The molecule has 1 heterocycles. The molecule has 1 aromatic heterocycles. The fraction of sp³-hybridized carbons (Fsp3) is 0.0588. The summed E-state index contributed by atoms with van der Waals surface area (Å²) in [5.74, 6) is 0.922. The Bertz CT molecular complexity index is 966. The van der Waals surface area contributed by atoms with Gasteiger partial charge in [0, 0.05) is 21.1 Å². The second-order valence-corrected chi connectivity index (χ2v) is 6.07. The number of methoxy groups -OCH3 is 1. The van der Waals surface area contributed by atoms with Crippen LogP contribution in [-0.2, 0) is 0 Å². The average molecular weight is 393 g/mol. The zero-order valence-corrected chi connectivity index (χ0v) is 14.4. The quantitative estimate of drug-likeness (QED) is 0.643. The third kappa shape index (κ3) is 3.46. The summed E-state index contributed by atoms with van der Waals surface area (Å²) in [5, 5.41) is 0.823. The summed E-state index contributed by atoms with van der Waals surface area (Å²) in [6.45, 7) is 0. The van der Waals surface area contributed by atoms with Crippen LogP contribution in [0.5, 0.6) is 5.75 Å². The first-order chi connectivity index (χ1) is 11.1. The van der Waals surface area contributed by atoms with E-state index in [1.165, 1.54) is 0 Å². The lowest BCUT2D eigenvalue weighted by atomic mass is 10.2. The molecule has 0 bridgehead atoms. The second kappa shape index (κ2) is 6.56. The molecule has 3 rings (SSSR count). The molecular formula is C17H11BrClNO3. The summed E-state index contributed by atoms with van der Waals surface area (Å²) in [5.41, 5.74) is 0.896. The van der Waals surface area contributed by atoms with Crippen LogP contribution in [0.15, 0.2) is 50.1 Å². The Labute approximate surface area is 145 Å². The van der Waals surface area contributed by atoms with Crippen LogP contribution >= 0.6 is 27.5 Å². The van der Waals surface area contributed by atoms with E-state index >= 15 is 0 Å². The van der Waals surface area contributed by atoms with E-state index in [0.29, 0.717) is 21.7 Å². The minimum absolute atomic E-state index is 0.215. The fourth-order valence-corrected chi connectivity index (χ4v) is 2.68. The van der Waals surface area contributed by atoms with Crippen LogP contribution in [-0.4, -0.2) is 12.1 Å². The van der Waals surface area contributed by atoms with E-state index in [9.17, 15) is 4.79 Å². The van der Waals surface area contributed by atoms with Crippen molar-refractivity contribution in [2.75, 3.05) is 7.11 Å². The van der Waals surface area contributed by atoms with E-state index in [1.807, 2.05) is 18.2 Å². The molecule has 23 heavy (non-hydrogen) atoms. The van der Waals surface area contributed by atoms with Gasteiger partial charge in [0.2, 0.25) is 5.89 Å². The Morgan fingerprint density at radius 2 is 2.04 bits per heavy atom. The number of hydrogen-bond donors (Lipinski definition) is 0. The van der Waals surface area contributed by atoms with Crippen LogP contribution in [0.25, 0.3) is 23.1 Å². The van der Waals surface area contributed by atoms with Gasteiger partial charge in [-0.05, 0) is 42.5 Å². The minimum atomic E-state index is -0.474. The third-order valence-corrected chi connectivity index (χ3v) is 3.93. The van der Waals surface area contributed by atoms with Crippen LogP contribution in [0.2, 0.25) is 5.02 Å². The number of halogens is 2. The predicted octanol–water partition coefficient (Wildman–Crippen LogP) is 4.78. The van der Waals surface area contributed by atoms with Crippen molar-refractivity contribution in [1.29, 1.82) is 0 Å². The topological polar surface area (TPSA) is 52.3 Å². The highest BCUT2D eigenvalue weighted by molar-refractivity contribution is 9.10. The third-order valence-electron chi connectivity index (χ3n) is 3.20. The number of hydrogen-bond acceptors (Lipinski definition) is 4. The lowest BCUT2D eigenvalue weighted by Crippen LogP contribution is -2.02. The van der Waals surface area contributed by atoms with Crippen molar-refractivity contribution < 1.29 is 9.15 Å². The molecule has 2 aromatic carbocycles. The van der Waals surface area contributed by atoms with E-state index < -0.39 is 5.63 Å². The van der Waals surface area contributed by atoms with Gasteiger partial charge in [0.1, 0.15) is 5.75 Å². The molecule has 0 aliphatic carbocycles.